The van der Waals surface area contributed by atoms with Crippen molar-refractivity contribution in [3.8, 4) is 0 Å². The number of amides is 2. The fourth-order valence-corrected chi connectivity index (χ4v) is 5.62. The average molecular weight is 472 g/mol. The maximum atomic E-state index is 12.8. The topological polar surface area (TPSA) is 105 Å². The number of carbonyl (C=O) groups excluding carboxylic acids is 2. The molecule has 33 heavy (non-hydrogen) atoms. The molecular formula is C24H29N3O5S. The summed E-state index contributed by atoms with van der Waals surface area (Å²) in [7, 11) is -3.63. The molecule has 1 aliphatic heterocycles. The van der Waals surface area contributed by atoms with Crippen LogP contribution in [-0.4, -0.2) is 56.9 Å². The van der Waals surface area contributed by atoms with E-state index in [0.29, 0.717) is 43.1 Å². The van der Waals surface area contributed by atoms with E-state index in [0.717, 1.165) is 25.7 Å². The number of hydrogen-bond acceptors (Lipinski definition) is 5. The molecule has 0 atom stereocenters. The van der Waals surface area contributed by atoms with Gasteiger partial charge in [0.15, 0.2) is 0 Å². The normalized spacial score (nSPS) is 17.9. The highest BCUT2D eigenvalue weighted by atomic mass is 32.2. The fraction of sp³-hybridized carbons (Fsp3) is 0.417. The van der Waals surface area contributed by atoms with E-state index in [1.165, 1.54) is 35.0 Å². The lowest BCUT2D eigenvalue weighted by Crippen LogP contribution is -2.40. The first kappa shape index (κ1) is 23.4. The molecule has 1 heterocycles. The Morgan fingerprint density at radius 2 is 1.55 bits per heavy atom. The van der Waals surface area contributed by atoms with Crippen LogP contribution in [0.25, 0.3) is 0 Å². The van der Waals surface area contributed by atoms with E-state index >= 15 is 0 Å². The summed E-state index contributed by atoms with van der Waals surface area (Å²) in [6, 6.07) is 12.9. The number of anilines is 1. The second kappa shape index (κ2) is 10.5. The van der Waals surface area contributed by atoms with Gasteiger partial charge in [-0.3, -0.25) is 9.59 Å². The smallest absolute Gasteiger partial charge is 0.255 e. The average Bonchev–Trinajstić information content (AvgIpc) is 2.85. The zero-order valence-corrected chi connectivity index (χ0v) is 19.3. The van der Waals surface area contributed by atoms with Crippen LogP contribution in [0.1, 0.15) is 52.8 Å². The Balaban J connectivity index is 1.45. The Kier molecular flexibility index (Phi) is 7.42. The first-order valence-electron chi connectivity index (χ1n) is 11.3. The molecule has 0 bridgehead atoms. The van der Waals surface area contributed by atoms with E-state index in [4.69, 9.17) is 4.74 Å². The van der Waals surface area contributed by atoms with Crippen molar-refractivity contribution in [2.45, 2.75) is 43.0 Å². The molecule has 9 heteroatoms. The molecule has 4 rings (SSSR count). The molecule has 0 spiro atoms. The number of carbonyl (C=O) groups is 2. The summed E-state index contributed by atoms with van der Waals surface area (Å²) in [6.07, 6.45) is 5.37. The number of benzene rings is 2. The van der Waals surface area contributed by atoms with Gasteiger partial charge in [0.25, 0.3) is 11.8 Å². The molecule has 0 unspecified atom stereocenters. The van der Waals surface area contributed by atoms with Crippen molar-refractivity contribution in [3.63, 3.8) is 0 Å². The minimum absolute atomic E-state index is 0.133. The van der Waals surface area contributed by atoms with E-state index in [9.17, 15) is 18.0 Å². The Morgan fingerprint density at radius 3 is 2.24 bits per heavy atom. The number of rotatable bonds is 6. The first-order chi connectivity index (χ1) is 15.9. The monoisotopic (exact) mass is 471 g/mol. The van der Waals surface area contributed by atoms with E-state index in [1.54, 1.807) is 24.3 Å². The summed E-state index contributed by atoms with van der Waals surface area (Å²) in [6.45, 7) is 1.36. The van der Waals surface area contributed by atoms with Crippen LogP contribution in [0.4, 0.5) is 5.69 Å². The zero-order chi connectivity index (χ0) is 23.3. The Labute approximate surface area is 194 Å². The number of sulfonamides is 1. The summed E-state index contributed by atoms with van der Waals surface area (Å²) in [4.78, 5) is 25.8. The molecule has 176 valence electrons. The highest BCUT2D eigenvalue weighted by Gasteiger charge is 2.26. The highest BCUT2D eigenvalue weighted by molar-refractivity contribution is 7.89. The van der Waals surface area contributed by atoms with Crippen molar-refractivity contribution in [1.29, 1.82) is 0 Å². The molecule has 0 radical (unpaired) electrons. The minimum Gasteiger partial charge on any atom is -0.379 e. The molecule has 2 aliphatic rings. The van der Waals surface area contributed by atoms with E-state index in [-0.39, 0.29) is 16.8 Å². The van der Waals surface area contributed by atoms with Crippen molar-refractivity contribution in [2.24, 2.45) is 0 Å². The molecule has 0 aromatic heterocycles. The molecule has 8 nitrogen and oxygen atoms in total. The van der Waals surface area contributed by atoms with Crippen LogP contribution in [0.5, 0.6) is 0 Å². The van der Waals surface area contributed by atoms with Crippen molar-refractivity contribution in [1.82, 2.24) is 9.62 Å². The molecule has 1 aliphatic carbocycles. The fourth-order valence-electron chi connectivity index (χ4n) is 4.21. The highest BCUT2D eigenvalue weighted by Crippen LogP contribution is 2.22. The molecule has 2 N–H and O–H groups in total. The lowest BCUT2D eigenvalue weighted by atomic mass is 9.95. The van der Waals surface area contributed by atoms with Crippen LogP contribution in [0.2, 0.25) is 0 Å². The van der Waals surface area contributed by atoms with Gasteiger partial charge in [0.05, 0.1) is 29.4 Å². The van der Waals surface area contributed by atoms with Gasteiger partial charge in [-0.2, -0.15) is 4.31 Å². The van der Waals surface area contributed by atoms with Gasteiger partial charge in [0.1, 0.15) is 0 Å². The quantitative estimate of drug-likeness (QED) is 0.674. The van der Waals surface area contributed by atoms with Crippen LogP contribution in [0, 0.1) is 0 Å². The number of ether oxygens (including phenoxy) is 1. The number of nitrogens with one attached hydrogen (secondary N) is 2. The first-order valence-corrected chi connectivity index (χ1v) is 12.8. The number of morpholine rings is 1. The molecular weight excluding hydrogens is 442 g/mol. The molecule has 2 amide bonds. The lowest BCUT2D eigenvalue weighted by molar-refractivity contribution is 0.0730. The van der Waals surface area contributed by atoms with E-state index < -0.39 is 15.9 Å². The van der Waals surface area contributed by atoms with Crippen LogP contribution >= 0.6 is 0 Å². The Hall–Kier alpha value is -2.75. The van der Waals surface area contributed by atoms with Gasteiger partial charge in [0, 0.05) is 24.7 Å². The second-order valence-electron chi connectivity index (χ2n) is 8.35. The van der Waals surface area contributed by atoms with Crippen molar-refractivity contribution >= 4 is 27.5 Å². The van der Waals surface area contributed by atoms with Gasteiger partial charge in [-0.05, 0) is 49.2 Å². The molecule has 1 saturated heterocycles. The van der Waals surface area contributed by atoms with Crippen molar-refractivity contribution in [2.75, 3.05) is 31.6 Å². The SMILES string of the molecule is O=C(Nc1ccccc1C(=O)NC1CCCCC1)c1ccc(S(=O)(=O)N2CCOCC2)cc1. The van der Waals surface area contributed by atoms with E-state index in [1.807, 2.05) is 0 Å². The van der Waals surface area contributed by atoms with Crippen LogP contribution in [-0.2, 0) is 14.8 Å². The third-order valence-corrected chi connectivity index (χ3v) is 8.00. The third-order valence-electron chi connectivity index (χ3n) is 6.08. The molecule has 2 aromatic rings. The third kappa shape index (κ3) is 5.61. The summed E-state index contributed by atoms with van der Waals surface area (Å²) in [5.74, 6) is -0.618. The predicted octanol–water partition coefficient (Wildman–Crippen LogP) is 3.02. The van der Waals surface area contributed by atoms with Crippen LogP contribution in [0.15, 0.2) is 53.4 Å². The maximum Gasteiger partial charge on any atom is 0.255 e. The standard InChI is InChI=1S/C24H29N3O5S/c28-23(18-10-12-20(13-11-18)33(30,31)27-14-16-32-17-15-27)26-22-9-5-4-8-21(22)24(29)25-19-6-2-1-3-7-19/h4-5,8-13,19H,1-3,6-7,14-17H2,(H,25,29)(H,26,28). The lowest BCUT2D eigenvalue weighted by Gasteiger charge is -2.26. The second-order valence-corrected chi connectivity index (χ2v) is 10.3. The van der Waals surface area contributed by atoms with Crippen molar-refractivity contribution in [3.05, 3.63) is 59.7 Å². The number of hydrogen-bond donors (Lipinski definition) is 2. The Morgan fingerprint density at radius 1 is 0.879 bits per heavy atom. The molecule has 2 aromatic carbocycles. The van der Waals surface area contributed by atoms with Gasteiger partial charge in [0.2, 0.25) is 10.0 Å². The predicted molar refractivity (Wildman–Crippen MR) is 125 cm³/mol. The Bertz CT molecular complexity index is 1090. The van der Waals surface area contributed by atoms with E-state index in [2.05, 4.69) is 10.6 Å². The number of nitrogens with zero attached hydrogens (tertiary/aromatic N) is 1. The van der Waals surface area contributed by atoms with Gasteiger partial charge >= 0.3 is 0 Å². The van der Waals surface area contributed by atoms with Gasteiger partial charge in [-0.25, -0.2) is 8.42 Å². The van der Waals surface area contributed by atoms with Crippen molar-refractivity contribution < 1.29 is 22.7 Å². The van der Waals surface area contributed by atoms with Gasteiger partial charge in [-0.1, -0.05) is 31.4 Å². The molecule has 1 saturated carbocycles. The van der Waals surface area contributed by atoms with Gasteiger partial charge in [-0.15, -0.1) is 0 Å². The maximum absolute atomic E-state index is 12.8. The van der Waals surface area contributed by atoms with Crippen LogP contribution < -0.4 is 10.6 Å². The van der Waals surface area contributed by atoms with Gasteiger partial charge < -0.3 is 15.4 Å². The zero-order valence-electron chi connectivity index (χ0n) is 18.5. The van der Waals surface area contributed by atoms with Crippen LogP contribution in [0.3, 0.4) is 0 Å². The molecule has 2 fully saturated rings. The largest absolute Gasteiger partial charge is 0.379 e. The summed E-state index contributed by atoms with van der Waals surface area (Å²) in [5.41, 5.74) is 1.13. The number of para-hydroxylation sites is 1. The summed E-state index contributed by atoms with van der Waals surface area (Å²) >= 11 is 0. The minimum atomic E-state index is -3.63. The summed E-state index contributed by atoms with van der Waals surface area (Å²) in [5, 5.41) is 5.86. The summed E-state index contributed by atoms with van der Waals surface area (Å²) < 4.78 is 32.1.